The molecule has 4 aromatic rings. The Morgan fingerprint density at radius 1 is 1.14 bits per heavy atom. The number of hydrogen-bond acceptors (Lipinski definition) is 7. The minimum absolute atomic E-state index is 0.0872. The summed E-state index contributed by atoms with van der Waals surface area (Å²) in [6, 6.07) is 11.9. The number of ether oxygens (including phenoxy) is 2. The molecule has 2 unspecified atom stereocenters. The number of imidazole rings is 1. The molecular formula is C31H30ClN5O5. The zero-order chi connectivity index (χ0) is 29.9. The summed E-state index contributed by atoms with van der Waals surface area (Å²) in [6.07, 6.45) is 1.56. The van der Waals surface area contributed by atoms with Crippen LogP contribution < -0.4 is 19.7 Å². The number of halogens is 1. The minimum atomic E-state index is -1.63. The van der Waals surface area contributed by atoms with Gasteiger partial charge >= 0.3 is 0 Å². The maximum Gasteiger partial charge on any atom is 0.280 e. The van der Waals surface area contributed by atoms with Crippen LogP contribution in [0.5, 0.6) is 11.6 Å². The summed E-state index contributed by atoms with van der Waals surface area (Å²) in [5.74, 6) is 0.233. The molecule has 2 aliphatic heterocycles. The number of nitrogens with one attached hydrogen (secondary N) is 1. The topological polar surface area (TPSA) is 119 Å². The van der Waals surface area contributed by atoms with E-state index >= 15 is 0 Å². The van der Waals surface area contributed by atoms with Gasteiger partial charge < -0.3 is 24.5 Å². The number of carbonyl (C=O) groups excluding carboxylic acids is 2. The molecule has 2 aromatic carbocycles. The number of hydrogen-bond donors (Lipinski definition) is 2. The van der Waals surface area contributed by atoms with Crippen molar-refractivity contribution in [1.82, 2.24) is 14.5 Å². The minimum Gasteiger partial charge on any atom is -0.496 e. The first-order valence-corrected chi connectivity index (χ1v) is 14.0. The standard InChI is InChI=1S/C31H30ClN5O5/c1-6-42-25-13-24(41-5)20(14-33-25)28-35-26-27(36(28)18(4)15-38)31(21-10-7-16(2)11-22(21)34-30(31)40)37(29(26)39)23-12-19(32)9-8-17(23)3/h7-14,18,38H,6,15H2,1-5H3,(H,34,40). The fraction of sp³-hybridized carbons (Fsp3) is 0.290. The Kier molecular flexibility index (Phi) is 6.70. The van der Waals surface area contributed by atoms with Gasteiger partial charge in [0.05, 0.1) is 43.3 Å². The number of carbonyl (C=O) groups is 2. The second kappa shape index (κ2) is 10.1. The van der Waals surface area contributed by atoms with Gasteiger partial charge in [0.1, 0.15) is 11.6 Å². The van der Waals surface area contributed by atoms with Gasteiger partial charge in [-0.15, -0.1) is 0 Å². The number of aliphatic hydroxyl groups excluding tert-OH is 1. The lowest BCUT2D eigenvalue weighted by Gasteiger charge is -2.36. The number of aryl methyl sites for hydroxylation is 2. The Morgan fingerprint density at radius 2 is 1.93 bits per heavy atom. The van der Waals surface area contributed by atoms with E-state index in [9.17, 15) is 14.7 Å². The number of rotatable bonds is 7. The lowest BCUT2D eigenvalue weighted by atomic mass is 9.86. The van der Waals surface area contributed by atoms with E-state index in [1.165, 1.54) is 12.0 Å². The van der Waals surface area contributed by atoms with Gasteiger partial charge in [0.15, 0.2) is 11.2 Å². The number of pyridine rings is 1. The summed E-state index contributed by atoms with van der Waals surface area (Å²) < 4.78 is 13.0. The van der Waals surface area contributed by atoms with E-state index in [4.69, 9.17) is 26.1 Å². The molecule has 2 N–H and O–H groups in total. The predicted octanol–water partition coefficient (Wildman–Crippen LogP) is 5.03. The molecule has 0 fully saturated rings. The Labute approximate surface area is 247 Å². The van der Waals surface area contributed by atoms with Crippen molar-refractivity contribution in [2.75, 3.05) is 30.5 Å². The van der Waals surface area contributed by atoms with Gasteiger partial charge in [-0.3, -0.25) is 14.5 Å². The van der Waals surface area contributed by atoms with Crippen molar-refractivity contribution in [1.29, 1.82) is 0 Å². The Balaban J connectivity index is 1.72. The number of anilines is 2. The van der Waals surface area contributed by atoms with Crippen LogP contribution in [0.25, 0.3) is 11.4 Å². The molecule has 2 amide bonds. The first kappa shape index (κ1) is 27.7. The average Bonchev–Trinajstić information content (AvgIpc) is 3.58. The lowest BCUT2D eigenvalue weighted by Crippen LogP contribution is -2.51. The summed E-state index contributed by atoms with van der Waals surface area (Å²) in [7, 11) is 1.52. The molecule has 0 aliphatic carbocycles. The van der Waals surface area contributed by atoms with Crippen molar-refractivity contribution in [3.63, 3.8) is 0 Å². The third-order valence-corrected chi connectivity index (χ3v) is 8.08. The van der Waals surface area contributed by atoms with Crippen LogP contribution in [0.2, 0.25) is 5.02 Å². The fourth-order valence-electron chi connectivity index (χ4n) is 5.96. The third kappa shape index (κ3) is 3.82. The predicted molar refractivity (Wildman–Crippen MR) is 159 cm³/mol. The Bertz CT molecular complexity index is 1770. The van der Waals surface area contributed by atoms with Gasteiger partial charge in [-0.25, -0.2) is 9.97 Å². The van der Waals surface area contributed by atoms with Crippen molar-refractivity contribution in [2.24, 2.45) is 0 Å². The number of nitrogens with zero attached hydrogens (tertiary/aromatic N) is 4. The number of methoxy groups -OCH3 is 1. The smallest absolute Gasteiger partial charge is 0.280 e. The quantitative estimate of drug-likeness (QED) is 0.311. The lowest BCUT2D eigenvalue weighted by molar-refractivity contribution is -0.119. The number of fused-ring (bicyclic) bond motifs is 4. The molecule has 0 saturated heterocycles. The van der Waals surface area contributed by atoms with E-state index in [2.05, 4.69) is 10.3 Å². The zero-order valence-corrected chi connectivity index (χ0v) is 24.6. The second-order valence-electron chi connectivity index (χ2n) is 10.5. The SMILES string of the molecule is CCOc1cc(OC)c(-c2nc3c(n2C(C)CO)C2(C(=O)Nc4cc(C)ccc42)N(c2cc(Cl)ccc2C)C3=O)cn1. The largest absolute Gasteiger partial charge is 0.496 e. The molecule has 0 saturated carbocycles. The molecule has 2 atom stereocenters. The maximum atomic E-state index is 14.5. The van der Waals surface area contributed by atoms with Gasteiger partial charge in [0.25, 0.3) is 11.8 Å². The number of aliphatic hydroxyl groups is 1. The summed E-state index contributed by atoms with van der Waals surface area (Å²) in [4.78, 5) is 39.7. The average molecular weight is 588 g/mol. The molecule has 1 spiro atoms. The van der Waals surface area contributed by atoms with Crippen molar-refractivity contribution in [3.05, 3.63) is 81.8 Å². The Morgan fingerprint density at radius 3 is 2.64 bits per heavy atom. The first-order valence-electron chi connectivity index (χ1n) is 13.6. The molecule has 10 nitrogen and oxygen atoms in total. The first-order chi connectivity index (χ1) is 20.2. The number of amides is 2. The highest BCUT2D eigenvalue weighted by atomic mass is 35.5. The summed E-state index contributed by atoms with van der Waals surface area (Å²) in [6.45, 7) is 7.58. The second-order valence-corrected chi connectivity index (χ2v) is 10.9. The van der Waals surface area contributed by atoms with Crippen LogP contribution >= 0.6 is 11.6 Å². The van der Waals surface area contributed by atoms with Crippen LogP contribution in [0, 0.1) is 13.8 Å². The molecule has 42 heavy (non-hydrogen) atoms. The summed E-state index contributed by atoms with van der Waals surface area (Å²) in [5.41, 5.74) is 2.66. The molecule has 2 aliphatic rings. The zero-order valence-electron chi connectivity index (χ0n) is 23.9. The van der Waals surface area contributed by atoms with Gasteiger partial charge in [0, 0.05) is 28.5 Å². The van der Waals surface area contributed by atoms with E-state index in [0.717, 1.165) is 11.1 Å². The van der Waals surface area contributed by atoms with E-state index in [0.29, 0.717) is 57.3 Å². The van der Waals surface area contributed by atoms with E-state index in [1.807, 2.05) is 45.0 Å². The van der Waals surface area contributed by atoms with Crippen LogP contribution in [0.4, 0.5) is 11.4 Å². The molecule has 11 heteroatoms. The molecule has 4 heterocycles. The van der Waals surface area contributed by atoms with Crippen LogP contribution in [0.1, 0.15) is 52.8 Å². The highest BCUT2D eigenvalue weighted by Gasteiger charge is 2.64. The van der Waals surface area contributed by atoms with Crippen molar-refractivity contribution < 1.29 is 24.2 Å². The molecular weight excluding hydrogens is 558 g/mol. The number of benzene rings is 2. The van der Waals surface area contributed by atoms with E-state index in [-0.39, 0.29) is 12.3 Å². The summed E-state index contributed by atoms with van der Waals surface area (Å²) >= 11 is 6.44. The van der Waals surface area contributed by atoms with E-state index < -0.39 is 23.4 Å². The highest BCUT2D eigenvalue weighted by Crippen LogP contribution is 2.55. The Hall–Kier alpha value is -4.41. The monoisotopic (exact) mass is 587 g/mol. The molecule has 216 valence electrons. The maximum absolute atomic E-state index is 14.5. The summed E-state index contributed by atoms with van der Waals surface area (Å²) in [5, 5.41) is 13.9. The van der Waals surface area contributed by atoms with Gasteiger partial charge in [-0.1, -0.05) is 29.8 Å². The molecule has 0 bridgehead atoms. The van der Waals surface area contributed by atoms with Crippen LogP contribution in [0.3, 0.4) is 0 Å². The molecule has 6 rings (SSSR count). The van der Waals surface area contributed by atoms with Gasteiger partial charge in [-0.2, -0.15) is 0 Å². The van der Waals surface area contributed by atoms with Crippen molar-refractivity contribution in [2.45, 2.75) is 39.3 Å². The third-order valence-electron chi connectivity index (χ3n) is 7.85. The van der Waals surface area contributed by atoms with E-state index in [1.54, 1.807) is 35.9 Å². The van der Waals surface area contributed by atoms with Crippen LogP contribution in [0.15, 0.2) is 48.7 Å². The fourth-order valence-corrected chi connectivity index (χ4v) is 6.12. The number of aromatic nitrogens is 3. The molecule has 2 aromatic heterocycles. The highest BCUT2D eigenvalue weighted by molar-refractivity contribution is 6.31. The van der Waals surface area contributed by atoms with Gasteiger partial charge in [-0.05, 0) is 57.0 Å². The van der Waals surface area contributed by atoms with Crippen molar-refractivity contribution in [3.8, 4) is 23.0 Å². The van der Waals surface area contributed by atoms with Crippen molar-refractivity contribution >= 4 is 34.8 Å². The van der Waals surface area contributed by atoms with Gasteiger partial charge in [0.2, 0.25) is 5.88 Å². The van der Waals surface area contributed by atoms with Crippen LogP contribution in [-0.4, -0.2) is 51.8 Å². The van der Waals surface area contributed by atoms with Crippen LogP contribution in [-0.2, 0) is 10.3 Å². The molecule has 0 radical (unpaired) electrons. The normalized spacial score (nSPS) is 17.8.